The number of thiazole rings is 1. The molecule has 1 aromatic heterocycles. The number of nitrogens with zero attached hydrogens (tertiary/aromatic N) is 2. The SMILES string of the molecule is Cc1nc(C2CN(C(C)C)CCO2)sc1C(C)N. The van der Waals surface area contributed by atoms with Gasteiger partial charge < -0.3 is 10.5 Å². The first-order chi connectivity index (χ1) is 8.49. The Balaban J connectivity index is 2.13. The molecule has 0 amide bonds. The van der Waals surface area contributed by atoms with Gasteiger partial charge in [0.05, 0.1) is 12.3 Å². The highest BCUT2D eigenvalue weighted by molar-refractivity contribution is 7.11. The number of nitrogens with two attached hydrogens (primary N) is 1. The van der Waals surface area contributed by atoms with Crippen molar-refractivity contribution in [1.82, 2.24) is 9.88 Å². The van der Waals surface area contributed by atoms with E-state index in [2.05, 4.69) is 23.7 Å². The van der Waals surface area contributed by atoms with Gasteiger partial charge >= 0.3 is 0 Å². The summed E-state index contributed by atoms with van der Waals surface area (Å²) in [5, 5.41) is 1.07. The Labute approximate surface area is 113 Å². The third-order valence-electron chi connectivity index (χ3n) is 3.37. The van der Waals surface area contributed by atoms with Crippen LogP contribution in [-0.4, -0.2) is 35.6 Å². The standard InChI is InChI=1S/C13H23N3OS/c1-8(2)16-5-6-17-11(7-16)13-15-10(4)12(18-13)9(3)14/h8-9,11H,5-7,14H2,1-4H3. The van der Waals surface area contributed by atoms with Crippen LogP contribution < -0.4 is 5.73 Å². The maximum Gasteiger partial charge on any atom is 0.123 e. The number of ether oxygens (including phenoxy) is 1. The van der Waals surface area contributed by atoms with E-state index >= 15 is 0 Å². The number of morpholine rings is 1. The first kappa shape index (κ1) is 13.9. The zero-order valence-corrected chi connectivity index (χ0v) is 12.5. The monoisotopic (exact) mass is 269 g/mol. The zero-order valence-electron chi connectivity index (χ0n) is 11.6. The fourth-order valence-electron chi connectivity index (χ4n) is 2.28. The molecule has 0 spiro atoms. The van der Waals surface area contributed by atoms with Crippen molar-refractivity contribution in [2.45, 2.75) is 45.9 Å². The molecule has 1 saturated heterocycles. The molecule has 2 unspecified atom stereocenters. The van der Waals surface area contributed by atoms with Crippen LogP contribution in [0, 0.1) is 6.92 Å². The molecule has 0 bridgehead atoms. The van der Waals surface area contributed by atoms with Crippen LogP contribution in [0.15, 0.2) is 0 Å². The van der Waals surface area contributed by atoms with Gasteiger partial charge in [0, 0.05) is 30.1 Å². The zero-order chi connectivity index (χ0) is 13.3. The van der Waals surface area contributed by atoms with E-state index in [4.69, 9.17) is 10.5 Å². The predicted molar refractivity (Wildman–Crippen MR) is 74.9 cm³/mol. The molecule has 0 radical (unpaired) electrons. The number of aryl methyl sites for hydroxylation is 1. The van der Waals surface area contributed by atoms with Crippen LogP contribution >= 0.6 is 11.3 Å². The summed E-state index contributed by atoms with van der Waals surface area (Å²) in [6.45, 7) is 11.2. The molecule has 2 heterocycles. The fourth-order valence-corrected chi connectivity index (χ4v) is 3.34. The van der Waals surface area contributed by atoms with Gasteiger partial charge in [-0.15, -0.1) is 11.3 Å². The van der Waals surface area contributed by atoms with Crippen LogP contribution in [0.1, 0.15) is 48.5 Å². The van der Waals surface area contributed by atoms with Crippen molar-refractivity contribution >= 4 is 11.3 Å². The molecule has 1 fully saturated rings. The van der Waals surface area contributed by atoms with Crippen LogP contribution in [0.2, 0.25) is 0 Å². The molecule has 2 N–H and O–H groups in total. The Hall–Kier alpha value is -0.490. The Morgan fingerprint density at radius 3 is 2.72 bits per heavy atom. The second-order valence-corrected chi connectivity index (χ2v) is 6.30. The number of aromatic nitrogens is 1. The number of hydrogen-bond acceptors (Lipinski definition) is 5. The van der Waals surface area contributed by atoms with Gasteiger partial charge in [0.25, 0.3) is 0 Å². The van der Waals surface area contributed by atoms with Gasteiger partial charge in [-0.25, -0.2) is 4.98 Å². The van der Waals surface area contributed by atoms with E-state index in [1.807, 2.05) is 13.8 Å². The average Bonchev–Trinajstić information content (AvgIpc) is 2.71. The minimum Gasteiger partial charge on any atom is -0.368 e. The quantitative estimate of drug-likeness (QED) is 0.914. The van der Waals surface area contributed by atoms with E-state index in [0.717, 1.165) is 30.4 Å². The summed E-state index contributed by atoms with van der Waals surface area (Å²) in [6, 6.07) is 0.617. The molecule has 18 heavy (non-hydrogen) atoms. The average molecular weight is 269 g/mol. The molecule has 1 aliphatic heterocycles. The lowest BCUT2D eigenvalue weighted by molar-refractivity contribution is -0.0403. The molecule has 1 aromatic rings. The first-order valence-corrected chi connectivity index (χ1v) is 7.39. The third-order valence-corrected chi connectivity index (χ3v) is 4.82. The summed E-state index contributed by atoms with van der Waals surface area (Å²) >= 11 is 1.70. The van der Waals surface area contributed by atoms with Crippen molar-refractivity contribution in [2.75, 3.05) is 19.7 Å². The summed E-state index contributed by atoms with van der Waals surface area (Å²) in [5.74, 6) is 0. The minimum absolute atomic E-state index is 0.0565. The maximum absolute atomic E-state index is 5.95. The van der Waals surface area contributed by atoms with E-state index in [9.17, 15) is 0 Å². The largest absolute Gasteiger partial charge is 0.368 e. The Bertz CT molecular complexity index is 403. The third kappa shape index (κ3) is 2.91. The van der Waals surface area contributed by atoms with E-state index in [1.54, 1.807) is 11.3 Å². The van der Waals surface area contributed by atoms with Gasteiger partial charge in [0.1, 0.15) is 11.1 Å². The lowest BCUT2D eigenvalue weighted by Crippen LogP contribution is -2.42. The Morgan fingerprint density at radius 1 is 1.44 bits per heavy atom. The molecule has 0 aromatic carbocycles. The van der Waals surface area contributed by atoms with E-state index in [-0.39, 0.29) is 12.1 Å². The molecular weight excluding hydrogens is 246 g/mol. The van der Waals surface area contributed by atoms with Crippen molar-refractivity contribution in [1.29, 1.82) is 0 Å². The van der Waals surface area contributed by atoms with E-state index in [1.165, 1.54) is 4.88 Å². The van der Waals surface area contributed by atoms with Crippen LogP contribution in [0.4, 0.5) is 0 Å². The summed E-state index contributed by atoms with van der Waals surface area (Å²) in [5.41, 5.74) is 7.00. The highest BCUT2D eigenvalue weighted by atomic mass is 32.1. The highest BCUT2D eigenvalue weighted by Crippen LogP contribution is 2.31. The van der Waals surface area contributed by atoms with Gasteiger partial charge in [-0.1, -0.05) is 0 Å². The van der Waals surface area contributed by atoms with Gasteiger partial charge in [0.2, 0.25) is 0 Å². The van der Waals surface area contributed by atoms with Gasteiger partial charge in [0.15, 0.2) is 0 Å². The van der Waals surface area contributed by atoms with Crippen molar-refractivity contribution in [3.63, 3.8) is 0 Å². The van der Waals surface area contributed by atoms with Crippen LogP contribution in [0.3, 0.4) is 0 Å². The lowest BCUT2D eigenvalue weighted by Gasteiger charge is -2.34. The molecule has 2 atom stereocenters. The van der Waals surface area contributed by atoms with Crippen LogP contribution in [0.5, 0.6) is 0 Å². The Kier molecular flexibility index (Phi) is 4.37. The highest BCUT2D eigenvalue weighted by Gasteiger charge is 2.26. The normalized spacial score (nSPS) is 23.6. The lowest BCUT2D eigenvalue weighted by atomic mass is 10.2. The second kappa shape index (κ2) is 5.65. The van der Waals surface area contributed by atoms with Crippen molar-refractivity contribution in [3.05, 3.63) is 15.6 Å². The van der Waals surface area contributed by atoms with Gasteiger partial charge in [-0.3, -0.25) is 4.90 Å². The minimum atomic E-state index is 0.0565. The fraction of sp³-hybridized carbons (Fsp3) is 0.769. The van der Waals surface area contributed by atoms with Crippen molar-refractivity contribution < 1.29 is 4.74 Å². The van der Waals surface area contributed by atoms with Gasteiger partial charge in [-0.05, 0) is 27.7 Å². The van der Waals surface area contributed by atoms with Crippen LogP contribution in [-0.2, 0) is 4.74 Å². The maximum atomic E-state index is 5.95. The molecule has 4 nitrogen and oxygen atoms in total. The van der Waals surface area contributed by atoms with Crippen LogP contribution in [0.25, 0.3) is 0 Å². The molecule has 0 saturated carbocycles. The molecule has 5 heteroatoms. The summed E-state index contributed by atoms with van der Waals surface area (Å²) in [6.07, 6.45) is 0.109. The first-order valence-electron chi connectivity index (χ1n) is 6.57. The van der Waals surface area contributed by atoms with E-state index in [0.29, 0.717) is 6.04 Å². The van der Waals surface area contributed by atoms with Crippen molar-refractivity contribution in [2.24, 2.45) is 5.73 Å². The molecule has 1 aliphatic rings. The Morgan fingerprint density at radius 2 is 2.17 bits per heavy atom. The van der Waals surface area contributed by atoms with Crippen molar-refractivity contribution in [3.8, 4) is 0 Å². The second-order valence-electron chi connectivity index (χ2n) is 5.24. The van der Waals surface area contributed by atoms with Gasteiger partial charge in [-0.2, -0.15) is 0 Å². The summed E-state index contributed by atoms with van der Waals surface area (Å²) < 4.78 is 5.86. The summed E-state index contributed by atoms with van der Waals surface area (Å²) in [4.78, 5) is 8.25. The topological polar surface area (TPSA) is 51.4 Å². The number of rotatable bonds is 3. The van der Waals surface area contributed by atoms with E-state index < -0.39 is 0 Å². The number of hydrogen-bond donors (Lipinski definition) is 1. The molecule has 102 valence electrons. The smallest absolute Gasteiger partial charge is 0.123 e. The molecular formula is C13H23N3OS. The molecule has 2 rings (SSSR count). The molecule has 0 aliphatic carbocycles. The summed E-state index contributed by atoms with van der Waals surface area (Å²) in [7, 11) is 0. The predicted octanol–water partition coefficient (Wildman–Crippen LogP) is 2.25.